The van der Waals surface area contributed by atoms with E-state index in [0.29, 0.717) is 12.5 Å². The van der Waals surface area contributed by atoms with E-state index in [1.54, 1.807) is 0 Å². The molecule has 0 N–H and O–H groups in total. The largest absolute Gasteiger partial charge is 0.493 e. The summed E-state index contributed by atoms with van der Waals surface area (Å²) in [7, 11) is 0. The molecule has 0 saturated carbocycles. The van der Waals surface area contributed by atoms with Gasteiger partial charge in [0.15, 0.2) is 0 Å². The van der Waals surface area contributed by atoms with Crippen molar-refractivity contribution in [1.29, 1.82) is 0 Å². The van der Waals surface area contributed by atoms with E-state index in [1.807, 2.05) is 6.07 Å². The number of hydrogen-bond donors (Lipinski definition) is 0. The van der Waals surface area contributed by atoms with Crippen LogP contribution in [0.15, 0.2) is 54.6 Å². The average molecular weight is 347 g/mol. The molecule has 1 unspecified atom stereocenters. The molecule has 0 radical (unpaired) electrons. The van der Waals surface area contributed by atoms with Crippen molar-refractivity contribution in [1.82, 2.24) is 0 Å². The molecule has 0 fully saturated rings. The Bertz CT molecular complexity index is 540. The first-order chi connectivity index (χ1) is 10.0. The SMILES string of the molecule is CC(C)(C)c1ccc(OCC(CBr)c2ccccc2)cc1. The minimum Gasteiger partial charge on any atom is -0.493 e. The molecule has 0 saturated heterocycles. The van der Waals surface area contributed by atoms with E-state index >= 15 is 0 Å². The summed E-state index contributed by atoms with van der Waals surface area (Å²) in [5.74, 6) is 1.30. The Balaban J connectivity index is 1.99. The van der Waals surface area contributed by atoms with Crippen molar-refractivity contribution in [2.75, 3.05) is 11.9 Å². The van der Waals surface area contributed by atoms with Crippen LogP contribution in [-0.2, 0) is 5.41 Å². The van der Waals surface area contributed by atoms with E-state index in [1.165, 1.54) is 11.1 Å². The normalized spacial score (nSPS) is 13.0. The lowest BCUT2D eigenvalue weighted by Crippen LogP contribution is -2.13. The van der Waals surface area contributed by atoms with Gasteiger partial charge in [-0.2, -0.15) is 0 Å². The van der Waals surface area contributed by atoms with Crippen molar-refractivity contribution >= 4 is 15.9 Å². The molecule has 2 rings (SSSR count). The van der Waals surface area contributed by atoms with Crippen LogP contribution in [0, 0.1) is 0 Å². The van der Waals surface area contributed by atoms with E-state index in [9.17, 15) is 0 Å². The highest BCUT2D eigenvalue weighted by molar-refractivity contribution is 9.09. The monoisotopic (exact) mass is 346 g/mol. The average Bonchev–Trinajstić information content (AvgIpc) is 2.48. The second kappa shape index (κ2) is 7.13. The zero-order chi connectivity index (χ0) is 15.3. The number of hydrogen-bond acceptors (Lipinski definition) is 1. The molecular weight excluding hydrogens is 324 g/mol. The quantitative estimate of drug-likeness (QED) is 0.645. The second-order valence-corrected chi connectivity index (χ2v) is 6.99. The lowest BCUT2D eigenvalue weighted by molar-refractivity contribution is 0.298. The fraction of sp³-hybridized carbons (Fsp3) is 0.368. The van der Waals surface area contributed by atoms with Gasteiger partial charge in [0.1, 0.15) is 5.75 Å². The molecule has 2 aromatic carbocycles. The third kappa shape index (κ3) is 4.60. The summed E-state index contributed by atoms with van der Waals surface area (Å²) in [5, 5.41) is 0.900. The number of alkyl halides is 1. The van der Waals surface area contributed by atoms with Crippen molar-refractivity contribution in [2.24, 2.45) is 0 Å². The maximum absolute atomic E-state index is 5.95. The molecule has 2 heteroatoms. The molecule has 1 nitrogen and oxygen atoms in total. The number of rotatable bonds is 5. The smallest absolute Gasteiger partial charge is 0.119 e. The minimum atomic E-state index is 0.182. The van der Waals surface area contributed by atoms with Gasteiger partial charge in [0.25, 0.3) is 0 Å². The summed E-state index contributed by atoms with van der Waals surface area (Å²) in [6, 6.07) is 18.9. The summed E-state index contributed by atoms with van der Waals surface area (Å²) < 4.78 is 5.95. The molecule has 0 aliphatic heterocycles. The highest BCUT2D eigenvalue weighted by atomic mass is 79.9. The van der Waals surface area contributed by atoms with E-state index in [0.717, 1.165) is 11.1 Å². The van der Waals surface area contributed by atoms with Gasteiger partial charge in [-0.15, -0.1) is 0 Å². The summed E-state index contributed by atoms with van der Waals surface area (Å²) in [4.78, 5) is 0. The van der Waals surface area contributed by atoms with Gasteiger partial charge in [-0.3, -0.25) is 0 Å². The Hall–Kier alpha value is -1.28. The molecule has 0 aliphatic rings. The molecule has 0 spiro atoms. The summed E-state index contributed by atoms with van der Waals surface area (Å²) in [6.45, 7) is 7.35. The fourth-order valence-corrected chi connectivity index (χ4v) is 2.76. The van der Waals surface area contributed by atoms with Gasteiger partial charge in [-0.1, -0.05) is 79.2 Å². The first-order valence-electron chi connectivity index (χ1n) is 7.35. The van der Waals surface area contributed by atoms with Crippen LogP contribution in [0.5, 0.6) is 5.75 Å². The van der Waals surface area contributed by atoms with E-state index in [4.69, 9.17) is 4.74 Å². The van der Waals surface area contributed by atoms with Gasteiger partial charge in [0, 0.05) is 11.2 Å². The van der Waals surface area contributed by atoms with Crippen LogP contribution >= 0.6 is 15.9 Å². The molecule has 0 aliphatic carbocycles. The van der Waals surface area contributed by atoms with E-state index in [2.05, 4.69) is 85.2 Å². The predicted molar refractivity (Wildman–Crippen MR) is 93.6 cm³/mol. The Morgan fingerprint density at radius 1 is 0.952 bits per heavy atom. The van der Waals surface area contributed by atoms with Crippen LogP contribution in [-0.4, -0.2) is 11.9 Å². The zero-order valence-electron chi connectivity index (χ0n) is 13.0. The maximum Gasteiger partial charge on any atom is 0.119 e. The Kier molecular flexibility index (Phi) is 5.46. The fourth-order valence-electron chi connectivity index (χ4n) is 2.20. The van der Waals surface area contributed by atoms with Crippen LogP contribution in [0.3, 0.4) is 0 Å². The van der Waals surface area contributed by atoms with Gasteiger partial charge in [0.05, 0.1) is 6.61 Å². The highest BCUT2D eigenvalue weighted by Gasteiger charge is 2.14. The third-order valence-corrected chi connectivity index (χ3v) is 4.41. The number of ether oxygens (including phenoxy) is 1. The highest BCUT2D eigenvalue weighted by Crippen LogP contribution is 2.25. The molecule has 0 heterocycles. The van der Waals surface area contributed by atoms with Crippen LogP contribution in [0.2, 0.25) is 0 Å². The first kappa shape index (κ1) is 16.1. The molecule has 0 bridgehead atoms. The standard InChI is InChI=1S/C19H23BrO/c1-19(2,3)17-9-11-18(12-10-17)21-14-16(13-20)15-7-5-4-6-8-15/h4-12,16H,13-14H2,1-3H3. The molecular formula is C19H23BrO. The summed E-state index contributed by atoms with van der Waals surface area (Å²) in [6.07, 6.45) is 0. The molecule has 21 heavy (non-hydrogen) atoms. The molecule has 1 atom stereocenters. The Labute approximate surface area is 136 Å². The van der Waals surface area contributed by atoms with Gasteiger partial charge in [0.2, 0.25) is 0 Å². The minimum absolute atomic E-state index is 0.182. The third-order valence-electron chi connectivity index (χ3n) is 3.63. The van der Waals surface area contributed by atoms with Crippen LogP contribution < -0.4 is 4.74 Å². The maximum atomic E-state index is 5.95. The lowest BCUT2D eigenvalue weighted by Gasteiger charge is -2.20. The van der Waals surface area contributed by atoms with Crippen molar-refractivity contribution in [2.45, 2.75) is 32.1 Å². The van der Waals surface area contributed by atoms with Gasteiger partial charge in [-0.25, -0.2) is 0 Å². The first-order valence-corrected chi connectivity index (χ1v) is 8.47. The molecule has 2 aromatic rings. The van der Waals surface area contributed by atoms with Crippen LogP contribution in [0.25, 0.3) is 0 Å². The van der Waals surface area contributed by atoms with Gasteiger partial charge < -0.3 is 4.74 Å². The Morgan fingerprint density at radius 3 is 2.10 bits per heavy atom. The lowest BCUT2D eigenvalue weighted by atomic mass is 9.87. The van der Waals surface area contributed by atoms with Gasteiger partial charge in [-0.05, 0) is 28.7 Å². The summed E-state index contributed by atoms with van der Waals surface area (Å²) in [5.41, 5.74) is 2.82. The zero-order valence-corrected chi connectivity index (χ0v) is 14.6. The van der Waals surface area contributed by atoms with E-state index in [-0.39, 0.29) is 5.41 Å². The van der Waals surface area contributed by atoms with Gasteiger partial charge >= 0.3 is 0 Å². The van der Waals surface area contributed by atoms with Crippen molar-refractivity contribution in [3.63, 3.8) is 0 Å². The predicted octanol–water partition coefficient (Wildman–Crippen LogP) is 5.54. The van der Waals surface area contributed by atoms with E-state index < -0.39 is 0 Å². The van der Waals surface area contributed by atoms with Crippen LogP contribution in [0.1, 0.15) is 37.8 Å². The van der Waals surface area contributed by atoms with Crippen molar-refractivity contribution in [3.8, 4) is 5.75 Å². The van der Waals surface area contributed by atoms with Crippen molar-refractivity contribution in [3.05, 3.63) is 65.7 Å². The molecule has 112 valence electrons. The number of halogens is 1. The Morgan fingerprint density at radius 2 is 1.57 bits per heavy atom. The number of benzene rings is 2. The molecule has 0 aromatic heterocycles. The van der Waals surface area contributed by atoms with Crippen molar-refractivity contribution < 1.29 is 4.74 Å². The van der Waals surface area contributed by atoms with Crippen LogP contribution in [0.4, 0.5) is 0 Å². The molecule has 0 amide bonds. The summed E-state index contributed by atoms with van der Waals surface area (Å²) >= 11 is 3.58. The topological polar surface area (TPSA) is 9.23 Å². The second-order valence-electron chi connectivity index (χ2n) is 6.35.